The lowest BCUT2D eigenvalue weighted by Gasteiger charge is -2.34. The molecule has 11 nitrogen and oxygen atoms in total. The summed E-state index contributed by atoms with van der Waals surface area (Å²) in [6.07, 6.45) is 2.64. The third-order valence-corrected chi connectivity index (χ3v) is 9.75. The third kappa shape index (κ3) is 8.79. The van der Waals surface area contributed by atoms with Gasteiger partial charge in [0.2, 0.25) is 0 Å². The van der Waals surface area contributed by atoms with E-state index in [1.165, 1.54) is 23.1 Å². The molecule has 1 aliphatic carbocycles. The molecule has 0 saturated carbocycles. The van der Waals surface area contributed by atoms with E-state index >= 15 is 0 Å². The number of aromatic hydroxyl groups is 1. The van der Waals surface area contributed by atoms with Crippen LogP contribution in [-0.4, -0.2) is 74.7 Å². The molecule has 1 heterocycles. The van der Waals surface area contributed by atoms with Crippen LogP contribution in [-0.2, 0) is 30.2 Å². The largest absolute Gasteiger partial charge is 0.508 e. The number of carbonyl (C=O) groups is 3. The second kappa shape index (κ2) is 17.7. The SMILES string of the molecule is C=CCOC(=O)COc1cc(O)cc(C(CCc2ccc(OC)c(OC)c2)OC(=O)[C@@H]2CCCCN2C(=O)OCC2c3ccccc3-c3ccccc32)c1. The Labute approximate surface area is 315 Å². The number of amides is 1. The van der Waals surface area contributed by atoms with Crippen molar-refractivity contribution < 1.29 is 47.9 Å². The van der Waals surface area contributed by atoms with Crippen molar-refractivity contribution in [1.82, 2.24) is 4.90 Å². The van der Waals surface area contributed by atoms with Crippen molar-refractivity contribution in [1.29, 1.82) is 0 Å². The Morgan fingerprint density at radius 1 is 0.889 bits per heavy atom. The molecule has 11 heteroatoms. The van der Waals surface area contributed by atoms with E-state index in [-0.39, 0.29) is 30.6 Å². The molecule has 2 atom stereocenters. The average Bonchev–Trinajstić information content (AvgIpc) is 3.52. The zero-order valence-electron chi connectivity index (χ0n) is 30.5. The lowest BCUT2D eigenvalue weighted by atomic mass is 9.98. The first-order valence-corrected chi connectivity index (χ1v) is 18.1. The van der Waals surface area contributed by atoms with Crippen molar-refractivity contribution in [3.63, 3.8) is 0 Å². The monoisotopic (exact) mass is 735 g/mol. The fourth-order valence-electron chi connectivity index (χ4n) is 7.13. The average molecular weight is 736 g/mol. The molecule has 282 valence electrons. The number of hydrogen-bond donors (Lipinski definition) is 1. The van der Waals surface area contributed by atoms with Gasteiger partial charge < -0.3 is 33.5 Å². The van der Waals surface area contributed by atoms with Crippen LogP contribution >= 0.6 is 0 Å². The van der Waals surface area contributed by atoms with Crippen LogP contribution in [0.2, 0.25) is 0 Å². The first kappa shape index (κ1) is 37.8. The zero-order chi connectivity index (χ0) is 38.0. The molecule has 54 heavy (non-hydrogen) atoms. The van der Waals surface area contributed by atoms with Crippen molar-refractivity contribution >= 4 is 18.0 Å². The third-order valence-electron chi connectivity index (χ3n) is 9.75. The van der Waals surface area contributed by atoms with Gasteiger partial charge in [0.05, 0.1) is 14.2 Å². The Kier molecular flexibility index (Phi) is 12.4. The topological polar surface area (TPSA) is 130 Å². The number of methoxy groups -OCH3 is 2. The summed E-state index contributed by atoms with van der Waals surface area (Å²) in [6, 6.07) is 25.4. The highest BCUT2D eigenvalue weighted by Crippen LogP contribution is 2.44. The predicted molar refractivity (Wildman–Crippen MR) is 201 cm³/mol. The number of ether oxygens (including phenoxy) is 6. The second-order valence-corrected chi connectivity index (χ2v) is 13.2. The molecule has 0 bridgehead atoms. The van der Waals surface area contributed by atoms with E-state index in [9.17, 15) is 19.5 Å². The number of piperidine rings is 1. The van der Waals surface area contributed by atoms with Gasteiger partial charge in [-0.3, -0.25) is 4.90 Å². The van der Waals surface area contributed by atoms with Crippen LogP contribution in [0.1, 0.15) is 60.0 Å². The number of fused-ring (bicyclic) bond motifs is 3. The minimum absolute atomic E-state index is 0.0376. The molecule has 1 fully saturated rings. The summed E-state index contributed by atoms with van der Waals surface area (Å²) in [6.45, 7) is 3.64. The lowest BCUT2D eigenvalue weighted by molar-refractivity contribution is -0.157. The first-order chi connectivity index (χ1) is 26.3. The number of carbonyl (C=O) groups excluding carboxylic acids is 3. The summed E-state index contributed by atoms with van der Waals surface area (Å²) in [5.41, 5.74) is 5.79. The summed E-state index contributed by atoms with van der Waals surface area (Å²) in [7, 11) is 3.12. The van der Waals surface area contributed by atoms with E-state index in [4.69, 9.17) is 28.4 Å². The van der Waals surface area contributed by atoms with E-state index in [0.717, 1.165) is 40.7 Å². The summed E-state index contributed by atoms with van der Waals surface area (Å²) in [4.78, 5) is 41.4. The first-order valence-electron chi connectivity index (χ1n) is 18.1. The Morgan fingerprint density at radius 2 is 1.61 bits per heavy atom. The second-order valence-electron chi connectivity index (χ2n) is 13.2. The molecule has 0 aromatic heterocycles. The number of phenols is 1. The minimum Gasteiger partial charge on any atom is -0.508 e. The maximum Gasteiger partial charge on any atom is 0.410 e. The quantitative estimate of drug-likeness (QED) is 0.0743. The highest BCUT2D eigenvalue weighted by atomic mass is 16.6. The van der Waals surface area contributed by atoms with Crippen LogP contribution in [0.25, 0.3) is 11.1 Å². The van der Waals surface area contributed by atoms with E-state index in [1.54, 1.807) is 26.4 Å². The van der Waals surface area contributed by atoms with Crippen molar-refractivity contribution in [3.05, 3.63) is 120 Å². The van der Waals surface area contributed by atoms with Crippen LogP contribution < -0.4 is 14.2 Å². The number of likely N-dealkylation sites (tertiary alicyclic amines) is 1. The molecule has 1 aliphatic heterocycles. The number of esters is 2. The molecule has 1 N–H and O–H groups in total. The van der Waals surface area contributed by atoms with Gasteiger partial charge in [-0.15, -0.1) is 0 Å². The highest BCUT2D eigenvalue weighted by Gasteiger charge is 2.37. The number of phenolic OH excluding ortho intramolecular Hbond substituents is 1. The zero-order valence-corrected chi connectivity index (χ0v) is 30.5. The van der Waals surface area contributed by atoms with Gasteiger partial charge in [-0.1, -0.05) is 67.3 Å². The Hall–Kier alpha value is -5.97. The molecule has 1 amide bonds. The maximum atomic E-state index is 14.1. The summed E-state index contributed by atoms with van der Waals surface area (Å²) < 4.78 is 33.7. The van der Waals surface area contributed by atoms with Gasteiger partial charge in [0.1, 0.15) is 36.9 Å². The normalized spacial score (nSPS) is 15.3. The maximum absolute atomic E-state index is 14.1. The van der Waals surface area contributed by atoms with E-state index in [2.05, 4.69) is 30.8 Å². The van der Waals surface area contributed by atoms with Crippen molar-refractivity contribution in [2.75, 3.05) is 40.6 Å². The van der Waals surface area contributed by atoms with Crippen LogP contribution in [0.15, 0.2) is 97.6 Å². The number of hydrogen-bond acceptors (Lipinski definition) is 10. The number of aryl methyl sites for hydroxylation is 1. The van der Waals surface area contributed by atoms with Gasteiger partial charge in [0.25, 0.3) is 0 Å². The van der Waals surface area contributed by atoms with Gasteiger partial charge in [-0.25, -0.2) is 14.4 Å². The molecular formula is C43H45NO10. The highest BCUT2D eigenvalue weighted by molar-refractivity contribution is 5.82. The number of benzene rings is 4. The molecular weight excluding hydrogens is 690 g/mol. The van der Waals surface area contributed by atoms with Crippen LogP contribution in [0.3, 0.4) is 0 Å². The standard InChI is InChI=1S/C43H45NO10/c1-4-21-51-41(46)27-52-31-24-29(23-30(45)25-31)38(18-16-28-17-19-39(49-2)40(22-28)50-3)54-42(47)37-15-9-10-20-44(37)43(48)53-26-36-34-13-7-5-11-32(34)33-12-6-8-14-35(33)36/h4-8,11-14,17,19,22-25,36-38,45H,1,9-10,15-16,18,20-21,26-27H2,2-3H3/t37-,38?/m0/s1. The van der Waals surface area contributed by atoms with Crippen molar-refractivity contribution in [2.45, 2.75) is 50.2 Å². The molecule has 4 aromatic carbocycles. The van der Waals surface area contributed by atoms with Gasteiger partial charge in [0.15, 0.2) is 18.1 Å². The van der Waals surface area contributed by atoms with E-state index in [0.29, 0.717) is 42.9 Å². The molecule has 1 unspecified atom stereocenters. The Morgan fingerprint density at radius 3 is 2.31 bits per heavy atom. The molecule has 2 aliphatic rings. The van der Waals surface area contributed by atoms with Gasteiger partial charge >= 0.3 is 18.0 Å². The Bertz CT molecular complexity index is 1930. The smallest absolute Gasteiger partial charge is 0.410 e. The van der Waals surface area contributed by atoms with Crippen LogP contribution in [0.4, 0.5) is 4.79 Å². The molecule has 4 aromatic rings. The van der Waals surface area contributed by atoms with E-state index in [1.807, 2.05) is 36.4 Å². The molecule has 6 rings (SSSR count). The van der Waals surface area contributed by atoms with Gasteiger partial charge in [0, 0.05) is 18.5 Å². The summed E-state index contributed by atoms with van der Waals surface area (Å²) >= 11 is 0. The summed E-state index contributed by atoms with van der Waals surface area (Å²) in [5.74, 6) is -0.139. The number of nitrogens with zero attached hydrogens (tertiary/aromatic N) is 1. The minimum atomic E-state index is -0.870. The number of rotatable bonds is 15. The fraction of sp³-hybridized carbons (Fsp3) is 0.326. The Balaban J connectivity index is 1.19. The van der Waals surface area contributed by atoms with Gasteiger partial charge in [-0.2, -0.15) is 0 Å². The van der Waals surface area contributed by atoms with Crippen LogP contribution in [0, 0.1) is 0 Å². The van der Waals surface area contributed by atoms with Crippen LogP contribution in [0.5, 0.6) is 23.0 Å². The predicted octanol–water partition coefficient (Wildman–Crippen LogP) is 7.54. The van der Waals surface area contributed by atoms with Gasteiger partial charge in [-0.05, 0) is 89.8 Å². The molecule has 0 spiro atoms. The van der Waals surface area contributed by atoms with Crippen molar-refractivity contribution in [2.24, 2.45) is 0 Å². The fourth-order valence-corrected chi connectivity index (χ4v) is 7.13. The molecule has 0 radical (unpaired) electrons. The molecule has 1 saturated heterocycles. The van der Waals surface area contributed by atoms with Crippen molar-refractivity contribution in [3.8, 4) is 34.1 Å². The summed E-state index contributed by atoms with van der Waals surface area (Å²) in [5, 5.41) is 10.7. The van der Waals surface area contributed by atoms with E-state index < -0.39 is 36.8 Å². The lowest BCUT2D eigenvalue weighted by Crippen LogP contribution is -2.49.